The van der Waals surface area contributed by atoms with Crippen LogP contribution in [0.3, 0.4) is 0 Å². The van der Waals surface area contributed by atoms with Gasteiger partial charge in [0, 0.05) is 25.7 Å². The normalized spacial score (nSPS) is 16.2. The van der Waals surface area contributed by atoms with Gasteiger partial charge in [-0.1, -0.05) is 30.3 Å². The predicted molar refractivity (Wildman–Crippen MR) is 163 cm³/mol. The van der Waals surface area contributed by atoms with Crippen LogP contribution in [0.15, 0.2) is 65.7 Å². The third-order valence-corrected chi connectivity index (χ3v) is 7.36. The summed E-state index contributed by atoms with van der Waals surface area (Å²) in [6.07, 6.45) is 6.91. The Morgan fingerprint density at radius 3 is 2.26 bits per heavy atom. The lowest BCUT2D eigenvalue weighted by Crippen LogP contribution is -2.43. The molecule has 2 fully saturated rings. The molecule has 8 nitrogen and oxygen atoms in total. The quantitative estimate of drug-likeness (QED) is 0.336. The number of ether oxygens (including phenoxy) is 1. The average Bonchev–Trinajstić information content (AvgIpc) is 3.58. The highest BCUT2D eigenvalue weighted by molar-refractivity contribution is 5.86. The molecule has 0 amide bonds. The van der Waals surface area contributed by atoms with Crippen molar-refractivity contribution < 1.29 is 4.74 Å². The Hall–Kier alpha value is -2.07. The topological polar surface area (TPSA) is 67.6 Å². The van der Waals surface area contributed by atoms with Crippen LogP contribution in [-0.2, 0) is 13.1 Å². The Labute approximate surface area is 249 Å². The van der Waals surface area contributed by atoms with Gasteiger partial charge in [0.1, 0.15) is 18.7 Å². The zero-order valence-corrected chi connectivity index (χ0v) is 24.8. The number of rotatable bonds is 11. The van der Waals surface area contributed by atoms with Crippen molar-refractivity contribution in [3.63, 3.8) is 0 Å². The third kappa shape index (κ3) is 9.23. The molecule has 3 aromatic rings. The highest BCUT2D eigenvalue weighted by Gasteiger charge is 2.26. The summed E-state index contributed by atoms with van der Waals surface area (Å²) in [6.45, 7) is 8.36. The van der Waals surface area contributed by atoms with Crippen molar-refractivity contribution in [2.45, 2.75) is 44.8 Å². The first-order valence-corrected chi connectivity index (χ1v) is 13.3. The Kier molecular flexibility index (Phi) is 14.4. The maximum absolute atomic E-state index is 12.8. The van der Waals surface area contributed by atoms with Gasteiger partial charge in [0.15, 0.2) is 0 Å². The summed E-state index contributed by atoms with van der Waals surface area (Å²) >= 11 is 0. The Balaban J connectivity index is 0.00000178. The van der Waals surface area contributed by atoms with Crippen LogP contribution in [0.1, 0.15) is 31.2 Å². The molecule has 5 rings (SSSR count). The molecule has 3 heterocycles. The summed E-state index contributed by atoms with van der Waals surface area (Å²) in [7, 11) is 0. The Morgan fingerprint density at radius 2 is 1.56 bits per heavy atom. The van der Waals surface area contributed by atoms with E-state index in [0.717, 1.165) is 24.0 Å². The molecule has 2 aliphatic rings. The smallest absolute Gasteiger partial charge is 0.350 e. The van der Waals surface area contributed by atoms with E-state index in [1.54, 1.807) is 10.9 Å². The number of piperidine rings is 1. The van der Waals surface area contributed by atoms with Gasteiger partial charge in [0.2, 0.25) is 0 Å². The average molecular weight is 600 g/mol. The number of nitrogens with zero attached hydrogens (tertiary/aromatic N) is 5. The standard InChI is InChI=1S/C28H38N6O2.3ClH/c35-28-33(23-30-34(28)20-14-29-15-21-36-27-6-2-1-3-7-27)26-10-8-24(9-11-26)22-31-18-12-25(13-19-31)32-16-4-5-17-32;;;/h1-3,6-11,23,25,29H,4-5,12-22H2;3*1H. The molecule has 2 aromatic carbocycles. The molecule has 0 aliphatic carbocycles. The molecule has 0 saturated carbocycles. The fraction of sp³-hybridized carbons (Fsp3) is 0.500. The molecule has 1 N–H and O–H groups in total. The molecule has 1 aromatic heterocycles. The summed E-state index contributed by atoms with van der Waals surface area (Å²) in [5.41, 5.74) is 2.03. The summed E-state index contributed by atoms with van der Waals surface area (Å²) in [5.74, 6) is 0.863. The molecule has 0 atom stereocenters. The van der Waals surface area contributed by atoms with Crippen LogP contribution in [0, 0.1) is 0 Å². The number of para-hydroxylation sites is 1. The lowest BCUT2D eigenvalue weighted by molar-refractivity contribution is 0.122. The number of hydrogen-bond donors (Lipinski definition) is 1. The Morgan fingerprint density at radius 1 is 0.872 bits per heavy atom. The van der Waals surface area contributed by atoms with Crippen molar-refractivity contribution in [2.24, 2.45) is 0 Å². The van der Waals surface area contributed by atoms with Crippen LogP contribution in [0.5, 0.6) is 5.75 Å². The second-order valence-electron chi connectivity index (χ2n) is 9.84. The third-order valence-electron chi connectivity index (χ3n) is 7.36. The lowest BCUT2D eigenvalue weighted by Gasteiger charge is -2.36. The van der Waals surface area contributed by atoms with E-state index in [1.807, 2.05) is 42.5 Å². The van der Waals surface area contributed by atoms with Gasteiger partial charge in [-0.3, -0.25) is 4.90 Å². The predicted octanol–water partition coefficient (Wildman–Crippen LogP) is 4.03. The Bertz CT molecular complexity index is 1130. The maximum Gasteiger partial charge on any atom is 0.350 e. The summed E-state index contributed by atoms with van der Waals surface area (Å²) in [5, 5.41) is 7.60. The number of benzene rings is 2. The van der Waals surface area contributed by atoms with E-state index in [1.165, 1.54) is 62.1 Å². The molecule has 0 spiro atoms. The van der Waals surface area contributed by atoms with E-state index < -0.39 is 0 Å². The summed E-state index contributed by atoms with van der Waals surface area (Å²) in [6, 6.07) is 18.9. The van der Waals surface area contributed by atoms with E-state index in [0.29, 0.717) is 26.2 Å². The molecule has 11 heteroatoms. The molecular weight excluding hydrogens is 559 g/mol. The zero-order chi connectivity index (χ0) is 24.6. The summed E-state index contributed by atoms with van der Waals surface area (Å²) in [4.78, 5) is 18.1. The first-order valence-electron chi connectivity index (χ1n) is 13.3. The fourth-order valence-electron chi connectivity index (χ4n) is 5.30. The molecule has 2 aliphatic heterocycles. The van der Waals surface area contributed by atoms with E-state index in [2.05, 4.69) is 32.3 Å². The minimum atomic E-state index is -0.117. The van der Waals surface area contributed by atoms with Gasteiger partial charge >= 0.3 is 5.69 Å². The minimum absolute atomic E-state index is 0. The molecule has 0 unspecified atom stereocenters. The molecule has 0 radical (unpaired) electrons. The van der Waals surface area contributed by atoms with Gasteiger partial charge in [-0.2, -0.15) is 5.10 Å². The van der Waals surface area contributed by atoms with Crippen molar-refractivity contribution in [1.29, 1.82) is 0 Å². The number of halogens is 3. The number of likely N-dealkylation sites (tertiary alicyclic amines) is 2. The highest BCUT2D eigenvalue weighted by atomic mass is 35.5. The second kappa shape index (κ2) is 16.9. The van der Waals surface area contributed by atoms with Crippen LogP contribution in [0.4, 0.5) is 0 Å². The molecule has 39 heavy (non-hydrogen) atoms. The first kappa shape index (κ1) is 33.1. The van der Waals surface area contributed by atoms with Crippen LogP contribution in [0.25, 0.3) is 5.69 Å². The largest absolute Gasteiger partial charge is 0.492 e. The van der Waals surface area contributed by atoms with Crippen molar-refractivity contribution in [1.82, 2.24) is 29.5 Å². The van der Waals surface area contributed by atoms with Crippen LogP contribution < -0.4 is 15.7 Å². The van der Waals surface area contributed by atoms with Crippen molar-refractivity contribution >= 4 is 37.2 Å². The van der Waals surface area contributed by atoms with Gasteiger partial charge < -0.3 is 15.0 Å². The number of aromatic nitrogens is 3. The van der Waals surface area contributed by atoms with Crippen LogP contribution >= 0.6 is 37.2 Å². The monoisotopic (exact) mass is 598 g/mol. The maximum atomic E-state index is 12.8. The molecule has 0 bridgehead atoms. The highest BCUT2D eigenvalue weighted by Crippen LogP contribution is 2.22. The van der Waals surface area contributed by atoms with E-state index in [9.17, 15) is 4.79 Å². The van der Waals surface area contributed by atoms with Gasteiger partial charge in [0.25, 0.3) is 0 Å². The molecule has 2 saturated heterocycles. The van der Waals surface area contributed by atoms with E-state index in [4.69, 9.17) is 4.74 Å². The molecule has 216 valence electrons. The van der Waals surface area contributed by atoms with Gasteiger partial charge in [-0.15, -0.1) is 37.2 Å². The van der Waals surface area contributed by atoms with E-state index >= 15 is 0 Å². The van der Waals surface area contributed by atoms with E-state index in [-0.39, 0.29) is 42.9 Å². The minimum Gasteiger partial charge on any atom is -0.492 e. The zero-order valence-electron chi connectivity index (χ0n) is 22.3. The van der Waals surface area contributed by atoms with Crippen LogP contribution in [0.2, 0.25) is 0 Å². The summed E-state index contributed by atoms with van der Waals surface area (Å²) < 4.78 is 8.79. The number of hydrogen-bond acceptors (Lipinski definition) is 6. The van der Waals surface area contributed by atoms with Gasteiger partial charge in [-0.25, -0.2) is 14.0 Å². The van der Waals surface area contributed by atoms with Gasteiger partial charge in [0.05, 0.1) is 12.2 Å². The van der Waals surface area contributed by atoms with Crippen LogP contribution in [-0.4, -0.2) is 76.1 Å². The van der Waals surface area contributed by atoms with Crippen molar-refractivity contribution in [3.05, 3.63) is 77.0 Å². The second-order valence-corrected chi connectivity index (χ2v) is 9.84. The number of nitrogens with one attached hydrogen (secondary N) is 1. The van der Waals surface area contributed by atoms with Gasteiger partial charge in [-0.05, 0) is 81.7 Å². The molecular formula is C28H41Cl3N6O2. The SMILES string of the molecule is Cl.Cl.Cl.O=c1n(-c2ccc(CN3CCC(N4CCCC4)CC3)cc2)cnn1CCNCCOc1ccccc1. The first-order chi connectivity index (χ1) is 17.8. The van der Waals surface area contributed by atoms with Crippen molar-refractivity contribution in [2.75, 3.05) is 45.9 Å². The fourth-order valence-corrected chi connectivity index (χ4v) is 5.30. The van der Waals surface area contributed by atoms with Crippen molar-refractivity contribution in [3.8, 4) is 11.4 Å². The lowest BCUT2D eigenvalue weighted by atomic mass is 10.0.